The zero-order valence-electron chi connectivity index (χ0n) is 7.69. The van der Waals surface area contributed by atoms with Gasteiger partial charge in [0.25, 0.3) is 0 Å². The van der Waals surface area contributed by atoms with Gasteiger partial charge in [0.15, 0.2) is 0 Å². The van der Waals surface area contributed by atoms with Crippen molar-refractivity contribution < 1.29 is 9.53 Å². The molecule has 0 fully saturated rings. The van der Waals surface area contributed by atoms with Gasteiger partial charge in [-0.2, -0.15) is 0 Å². The normalized spacial score (nSPS) is 7.77. The number of hydrogen-bond acceptors (Lipinski definition) is 2. The molecule has 0 aliphatic heterocycles. The first-order chi connectivity index (χ1) is 6.27. The van der Waals surface area contributed by atoms with E-state index in [9.17, 15) is 4.79 Å². The monoisotopic (exact) mass is 177 g/mol. The maximum Gasteiger partial charge on any atom is 0.302 e. The number of carbonyl (C=O) groups is 1. The van der Waals surface area contributed by atoms with Gasteiger partial charge in [0, 0.05) is 6.92 Å². The predicted octanol–water partition coefficient (Wildman–Crippen LogP) is 2.22. The maximum atomic E-state index is 9.93. The van der Waals surface area contributed by atoms with Gasteiger partial charge >= 0.3 is 5.97 Å². The molecule has 0 aliphatic rings. The van der Waals surface area contributed by atoms with Gasteiger partial charge in [-0.15, -0.1) is 0 Å². The van der Waals surface area contributed by atoms with E-state index in [1.165, 1.54) is 13.0 Å². The van der Waals surface area contributed by atoms with Crippen LogP contribution < -0.4 is 0 Å². The van der Waals surface area contributed by atoms with Crippen LogP contribution in [0.5, 0.6) is 0 Å². The molecular weight excluding hydrogens is 164 g/mol. The number of carbonyl (C=O) groups excluding carboxylic acids is 1. The Labute approximate surface area is 78.8 Å². The van der Waals surface area contributed by atoms with Crippen LogP contribution in [0.25, 0.3) is 0 Å². The van der Waals surface area contributed by atoms with E-state index in [2.05, 4.69) is 17.4 Å². The lowest BCUT2D eigenvalue weighted by Gasteiger charge is -1.90. The molecule has 69 valence electrons. The highest BCUT2D eigenvalue weighted by atomic mass is 16.5. The summed E-state index contributed by atoms with van der Waals surface area (Å²) < 4.78 is 4.43. The van der Waals surface area contributed by atoms with E-state index in [-0.39, 0.29) is 5.97 Å². The molecule has 1 aromatic rings. The molecule has 0 aliphatic carbocycles. The molecule has 0 bridgehead atoms. The number of ether oxygens (including phenoxy) is 1. The van der Waals surface area contributed by atoms with Crippen LogP contribution >= 0.6 is 0 Å². The molecule has 13 heavy (non-hydrogen) atoms. The van der Waals surface area contributed by atoms with Crippen molar-refractivity contribution in [2.45, 2.75) is 6.92 Å². The van der Waals surface area contributed by atoms with E-state index >= 15 is 0 Å². The average molecular weight is 177 g/mol. The smallest absolute Gasteiger partial charge is 0.302 e. The molecule has 0 spiro atoms. The molecule has 1 radical (unpaired) electrons. The van der Waals surface area contributed by atoms with Gasteiger partial charge in [-0.05, 0) is 6.07 Å². The molecule has 0 heterocycles. The van der Waals surface area contributed by atoms with Crippen molar-refractivity contribution in [3.8, 4) is 0 Å². The fourth-order valence-corrected chi connectivity index (χ4v) is 0.518. The highest BCUT2D eigenvalue weighted by Crippen LogP contribution is 1.78. The summed E-state index contributed by atoms with van der Waals surface area (Å²) in [5.74, 6) is -0.264. The Kier molecular flexibility index (Phi) is 7.50. The van der Waals surface area contributed by atoms with Crippen molar-refractivity contribution in [2.75, 3.05) is 6.61 Å². The van der Waals surface area contributed by atoms with Crippen molar-refractivity contribution in [3.63, 3.8) is 0 Å². The first-order valence-corrected chi connectivity index (χ1v) is 3.92. The van der Waals surface area contributed by atoms with Gasteiger partial charge < -0.3 is 4.74 Å². The Morgan fingerprint density at radius 1 is 1.46 bits per heavy atom. The van der Waals surface area contributed by atoms with Crippen LogP contribution in [0.15, 0.2) is 43.0 Å². The van der Waals surface area contributed by atoms with Crippen LogP contribution in [0, 0.1) is 6.07 Å². The van der Waals surface area contributed by atoms with Gasteiger partial charge in [-0.1, -0.05) is 43.0 Å². The molecule has 2 heteroatoms. The van der Waals surface area contributed by atoms with Crippen LogP contribution in [-0.4, -0.2) is 12.6 Å². The SMILES string of the molecule is C=CCOC(C)=O.[c]1ccccc1. The molecule has 0 unspecified atom stereocenters. The second kappa shape index (κ2) is 8.53. The van der Waals surface area contributed by atoms with Crippen molar-refractivity contribution in [1.29, 1.82) is 0 Å². The lowest BCUT2D eigenvalue weighted by atomic mass is 10.4. The van der Waals surface area contributed by atoms with Crippen molar-refractivity contribution in [3.05, 3.63) is 49.1 Å². The minimum absolute atomic E-state index is 0.264. The molecule has 0 saturated heterocycles. The quantitative estimate of drug-likeness (QED) is 0.511. The average Bonchev–Trinajstić information content (AvgIpc) is 2.18. The fraction of sp³-hybridized carbons (Fsp3) is 0.182. The molecule has 0 N–H and O–H groups in total. The van der Waals surface area contributed by atoms with E-state index in [4.69, 9.17) is 0 Å². The summed E-state index contributed by atoms with van der Waals surface area (Å²) in [5, 5.41) is 0. The molecule has 1 aromatic carbocycles. The molecular formula is C11H13O2. The van der Waals surface area contributed by atoms with Crippen molar-refractivity contribution in [1.82, 2.24) is 0 Å². The third-order valence-corrected chi connectivity index (χ3v) is 1.01. The summed E-state index contributed by atoms with van der Waals surface area (Å²) in [6, 6.07) is 12.5. The minimum Gasteiger partial charge on any atom is -0.462 e. The second-order valence-corrected chi connectivity index (χ2v) is 2.17. The Morgan fingerprint density at radius 2 is 2.08 bits per heavy atom. The van der Waals surface area contributed by atoms with Crippen molar-refractivity contribution in [2.24, 2.45) is 0 Å². The van der Waals surface area contributed by atoms with E-state index in [1.807, 2.05) is 30.3 Å². The zero-order chi connectivity index (χ0) is 9.94. The van der Waals surface area contributed by atoms with Gasteiger partial charge in [-0.3, -0.25) is 4.79 Å². The van der Waals surface area contributed by atoms with Crippen LogP contribution in [0.4, 0.5) is 0 Å². The first-order valence-electron chi connectivity index (χ1n) is 3.92. The number of esters is 1. The van der Waals surface area contributed by atoms with E-state index < -0.39 is 0 Å². The predicted molar refractivity (Wildman–Crippen MR) is 52.1 cm³/mol. The van der Waals surface area contributed by atoms with Gasteiger partial charge in [0.2, 0.25) is 0 Å². The van der Waals surface area contributed by atoms with E-state index in [0.29, 0.717) is 6.61 Å². The van der Waals surface area contributed by atoms with E-state index in [1.54, 1.807) is 0 Å². The standard InChI is InChI=1S/C6H5.C5H8O2/c1-2-4-6-5-3-1;1-3-4-7-5(2)6/h1-5H;3H,1,4H2,2H3. The van der Waals surface area contributed by atoms with Crippen LogP contribution in [0.2, 0.25) is 0 Å². The topological polar surface area (TPSA) is 26.3 Å². The van der Waals surface area contributed by atoms with Gasteiger partial charge in [0.05, 0.1) is 0 Å². The number of hydrogen-bond donors (Lipinski definition) is 0. The minimum atomic E-state index is -0.264. The lowest BCUT2D eigenvalue weighted by molar-refractivity contribution is -0.139. The molecule has 1 rings (SSSR count). The second-order valence-electron chi connectivity index (χ2n) is 2.17. The van der Waals surface area contributed by atoms with Crippen LogP contribution in [0.3, 0.4) is 0 Å². The summed E-state index contributed by atoms with van der Waals surface area (Å²) in [6.07, 6.45) is 1.53. The van der Waals surface area contributed by atoms with Gasteiger partial charge in [-0.25, -0.2) is 0 Å². The fourth-order valence-electron chi connectivity index (χ4n) is 0.518. The zero-order valence-corrected chi connectivity index (χ0v) is 7.69. The molecule has 0 amide bonds. The Hall–Kier alpha value is -1.57. The first kappa shape index (κ1) is 11.4. The summed E-state index contributed by atoms with van der Waals surface area (Å²) in [5.41, 5.74) is 0. The highest BCUT2D eigenvalue weighted by molar-refractivity contribution is 5.65. The summed E-state index contributed by atoms with van der Waals surface area (Å²) in [4.78, 5) is 9.93. The molecule has 0 atom stereocenters. The number of benzene rings is 1. The summed E-state index contributed by atoms with van der Waals surface area (Å²) in [6.45, 7) is 5.03. The Bertz CT molecular complexity index is 202. The van der Waals surface area contributed by atoms with Crippen LogP contribution in [0.1, 0.15) is 6.92 Å². The molecule has 0 aromatic heterocycles. The molecule has 0 saturated carbocycles. The Balaban J connectivity index is 0.000000223. The summed E-state index contributed by atoms with van der Waals surface area (Å²) >= 11 is 0. The highest BCUT2D eigenvalue weighted by Gasteiger charge is 1.83. The Morgan fingerprint density at radius 3 is 2.23 bits per heavy atom. The third-order valence-electron chi connectivity index (χ3n) is 1.01. The maximum absolute atomic E-state index is 9.93. The molecule has 2 nitrogen and oxygen atoms in total. The van der Waals surface area contributed by atoms with Crippen LogP contribution in [-0.2, 0) is 9.53 Å². The van der Waals surface area contributed by atoms with Gasteiger partial charge in [0.1, 0.15) is 6.61 Å². The lowest BCUT2D eigenvalue weighted by Crippen LogP contribution is -1.96. The summed E-state index contributed by atoms with van der Waals surface area (Å²) in [7, 11) is 0. The van der Waals surface area contributed by atoms with Crippen molar-refractivity contribution >= 4 is 5.97 Å². The largest absolute Gasteiger partial charge is 0.462 e. The third kappa shape index (κ3) is 10.4. The van der Waals surface area contributed by atoms with E-state index in [0.717, 1.165) is 0 Å². The number of rotatable bonds is 2.